The van der Waals surface area contributed by atoms with E-state index in [1.54, 1.807) is 0 Å². The van der Waals surface area contributed by atoms with Crippen LogP contribution in [0.25, 0.3) is 0 Å². The molecule has 1 aromatic carbocycles. The predicted molar refractivity (Wildman–Crippen MR) is 93.5 cm³/mol. The highest BCUT2D eigenvalue weighted by Crippen LogP contribution is 2.39. The number of hydrogen-bond acceptors (Lipinski definition) is 4. The Labute approximate surface area is 150 Å². The van der Waals surface area contributed by atoms with E-state index >= 15 is 0 Å². The van der Waals surface area contributed by atoms with E-state index in [-0.39, 0.29) is 24.8 Å². The molecule has 5 nitrogen and oxygen atoms in total. The Balaban J connectivity index is 1.57. The van der Waals surface area contributed by atoms with E-state index in [1.807, 2.05) is 30.3 Å². The lowest BCUT2D eigenvalue weighted by Crippen LogP contribution is -2.45. The predicted octanol–water partition coefficient (Wildman–Crippen LogP) is 2.76. The summed E-state index contributed by atoms with van der Waals surface area (Å²) in [6, 6.07) is 9.65. The first-order valence-electron chi connectivity index (χ1n) is 8.86. The third kappa shape index (κ3) is 3.52. The summed E-state index contributed by atoms with van der Waals surface area (Å²) < 4.78 is 26.3. The van der Waals surface area contributed by atoms with Gasteiger partial charge in [0, 0.05) is 37.4 Å². The molecule has 1 aliphatic carbocycles. The van der Waals surface area contributed by atoms with Gasteiger partial charge in [0.1, 0.15) is 17.3 Å². The fraction of sp³-hybridized carbons (Fsp3) is 0.421. The van der Waals surface area contributed by atoms with Gasteiger partial charge < -0.3 is 10.6 Å². The van der Waals surface area contributed by atoms with Crippen LogP contribution in [-0.4, -0.2) is 34.4 Å². The van der Waals surface area contributed by atoms with Crippen molar-refractivity contribution < 1.29 is 13.6 Å². The molecule has 2 heterocycles. The van der Waals surface area contributed by atoms with E-state index in [0.29, 0.717) is 36.7 Å². The van der Waals surface area contributed by atoms with Crippen LogP contribution >= 0.6 is 0 Å². The maximum Gasteiger partial charge on any atom is 0.270 e. The third-order valence-electron chi connectivity index (χ3n) is 4.84. The first kappa shape index (κ1) is 16.9. The van der Waals surface area contributed by atoms with Crippen LogP contribution in [0.3, 0.4) is 0 Å². The number of fused-ring (bicyclic) bond motifs is 1. The van der Waals surface area contributed by atoms with Gasteiger partial charge in [-0.25, -0.2) is 18.7 Å². The van der Waals surface area contributed by atoms with Crippen molar-refractivity contribution in [3.05, 3.63) is 53.0 Å². The number of carbonyl (C=O) groups is 1. The Morgan fingerprint density at radius 2 is 1.92 bits per heavy atom. The lowest BCUT2D eigenvalue weighted by molar-refractivity contribution is -0.0794. The molecule has 0 radical (unpaired) electrons. The number of nitrogens with one attached hydrogen (secondary N) is 2. The summed E-state index contributed by atoms with van der Waals surface area (Å²) in [4.78, 5) is 21.2. The summed E-state index contributed by atoms with van der Waals surface area (Å²) >= 11 is 0. The second-order valence-electron chi connectivity index (χ2n) is 6.91. The van der Waals surface area contributed by atoms with Crippen molar-refractivity contribution in [3.63, 3.8) is 0 Å². The number of benzene rings is 1. The number of nitrogens with zero attached hydrogens (tertiary/aromatic N) is 2. The number of aryl methyl sites for hydroxylation is 2. The second-order valence-corrected chi connectivity index (χ2v) is 6.91. The summed E-state index contributed by atoms with van der Waals surface area (Å²) in [6.07, 6.45) is 1.54. The van der Waals surface area contributed by atoms with Gasteiger partial charge in [0.25, 0.3) is 11.8 Å². The van der Waals surface area contributed by atoms with Crippen molar-refractivity contribution in [2.45, 2.75) is 44.1 Å². The highest BCUT2D eigenvalue weighted by atomic mass is 19.3. The Morgan fingerprint density at radius 1 is 1.15 bits per heavy atom. The molecule has 2 N–H and O–H groups in total. The maximum absolute atomic E-state index is 13.1. The van der Waals surface area contributed by atoms with E-state index in [4.69, 9.17) is 0 Å². The molecule has 4 rings (SSSR count). The van der Waals surface area contributed by atoms with Gasteiger partial charge in [0.05, 0.1) is 0 Å². The van der Waals surface area contributed by atoms with Crippen LogP contribution in [0.1, 0.15) is 40.3 Å². The van der Waals surface area contributed by atoms with E-state index < -0.39 is 5.92 Å². The molecule has 0 atom stereocenters. The Morgan fingerprint density at radius 3 is 2.65 bits per heavy atom. The molecular formula is C19H20F2N4O. The minimum Gasteiger partial charge on any atom is -0.367 e. The van der Waals surface area contributed by atoms with Crippen molar-refractivity contribution in [1.82, 2.24) is 15.3 Å². The Kier molecular flexibility index (Phi) is 4.30. The zero-order valence-electron chi connectivity index (χ0n) is 14.3. The van der Waals surface area contributed by atoms with E-state index in [2.05, 4.69) is 20.6 Å². The van der Waals surface area contributed by atoms with Crippen molar-refractivity contribution in [1.29, 1.82) is 0 Å². The average molecular weight is 358 g/mol. The topological polar surface area (TPSA) is 66.9 Å². The number of anilines is 1. The molecule has 1 saturated carbocycles. The van der Waals surface area contributed by atoms with Gasteiger partial charge >= 0.3 is 0 Å². The molecule has 1 fully saturated rings. The largest absolute Gasteiger partial charge is 0.367 e. The summed E-state index contributed by atoms with van der Waals surface area (Å²) in [7, 11) is 0. The van der Waals surface area contributed by atoms with Gasteiger partial charge in [-0.05, 0) is 18.4 Å². The van der Waals surface area contributed by atoms with Crippen LogP contribution in [0.4, 0.5) is 14.6 Å². The fourth-order valence-corrected chi connectivity index (χ4v) is 3.43. The molecule has 1 aliphatic heterocycles. The molecule has 1 amide bonds. The summed E-state index contributed by atoms with van der Waals surface area (Å²) in [6.45, 7) is 0.508. The number of carbonyl (C=O) groups excluding carboxylic acids is 1. The summed E-state index contributed by atoms with van der Waals surface area (Å²) in [5.74, 6) is -1.73. The monoisotopic (exact) mass is 358 g/mol. The minimum atomic E-state index is -2.60. The molecule has 2 aromatic rings. The highest BCUT2D eigenvalue weighted by molar-refractivity contribution is 5.96. The number of hydrogen-bond donors (Lipinski definition) is 2. The second kappa shape index (κ2) is 6.63. The molecule has 26 heavy (non-hydrogen) atoms. The van der Waals surface area contributed by atoms with E-state index in [0.717, 1.165) is 17.5 Å². The lowest BCUT2D eigenvalue weighted by atomic mass is 9.88. The van der Waals surface area contributed by atoms with Gasteiger partial charge in [-0.15, -0.1) is 0 Å². The highest BCUT2D eigenvalue weighted by Gasteiger charge is 2.45. The number of aromatic nitrogens is 2. The van der Waals surface area contributed by atoms with Crippen LogP contribution in [-0.2, 0) is 19.3 Å². The Bertz CT molecular complexity index is 818. The minimum absolute atomic E-state index is 0.197. The van der Waals surface area contributed by atoms with E-state index in [9.17, 15) is 13.6 Å². The van der Waals surface area contributed by atoms with Crippen molar-refractivity contribution in [3.8, 4) is 0 Å². The van der Waals surface area contributed by atoms with Crippen molar-refractivity contribution >= 4 is 11.7 Å². The van der Waals surface area contributed by atoms with E-state index in [1.165, 1.54) is 0 Å². The molecule has 0 bridgehead atoms. The maximum atomic E-state index is 13.1. The molecule has 2 aliphatic rings. The van der Waals surface area contributed by atoms with Gasteiger partial charge in [-0.3, -0.25) is 4.79 Å². The van der Waals surface area contributed by atoms with Crippen molar-refractivity contribution in [2.24, 2.45) is 0 Å². The molecule has 0 saturated heterocycles. The molecular weight excluding hydrogens is 338 g/mol. The zero-order chi connectivity index (χ0) is 18.1. The van der Waals surface area contributed by atoms with Crippen molar-refractivity contribution in [2.75, 3.05) is 11.9 Å². The normalized spacial score (nSPS) is 18.6. The van der Waals surface area contributed by atoms with Crippen LogP contribution in [0.2, 0.25) is 0 Å². The number of amides is 1. The Hall–Kier alpha value is -2.57. The van der Waals surface area contributed by atoms with Gasteiger partial charge in [-0.1, -0.05) is 30.3 Å². The van der Waals surface area contributed by atoms with Gasteiger partial charge in [-0.2, -0.15) is 0 Å². The molecule has 0 unspecified atom stereocenters. The summed E-state index contributed by atoms with van der Waals surface area (Å²) in [5, 5.41) is 5.89. The first-order valence-corrected chi connectivity index (χ1v) is 8.86. The van der Waals surface area contributed by atoms with Crippen LogP contribution < -0.4 is 10.6 Å². The van der Waals surface area contributed by atoms with Crippen LogP contribution in [0.15, 0.2) is 30.3 Å². The molecule has 0 spiro atoms. The number of alkyl halides is 2. The standard InChI is InChI=1S/C19H20F2N4O/c20-19(21)10-13(11-19)23-17-14-8-9-22-18(26)16(14)24-15(25-17)7-6-12-4-2-1-3-5-12/h1-5,13H,6-11H2,(H,22,26)(H,23,24,25). The average Bonchev–Trinajstić information content (AvgIpc) is 2.60. The fourth-order valence-electron chi connectivity index (χ4n) is 3.43. The number of halogens is 2. The van der Waals surface area contributed by atoms with Crippen LogP contribution in [0, 0.1) is 0 Å². The molecule has 7 heteroatoms. The van der Waals surface area contributed by atoms with Gasteiger partial charge in [0.15, 0.2) is 0 Å². The van der Waals surface area contributed by atoms with Gasteiger partial charge in [0.2, 0.25) is 0 Å². The quantitative estimate of drug-likeness (QED) is 0.863. The molecule has 1 aromatic heterocycles. The number of rotatable bonds is 5. The zero-order valence-corrected chi connectivity index (χ0v) is 14.3. The lowest BCUT2D eigenvalue weighted by Gasteiger charge is -2.36. The molecule has 136 valence electrons. The van der Waals surface area contributed by atoms with Crippen LogP contribution in [0.5, 0.6) is 0 Å². The summed E-state index contributed by atoms with van der Waals surface area (Å²) in [5.41, 5.74) is 2.25. The smallest absolute Gasteiger partial charge is 0.270 e. The first-order chi connectivity index (χ1) is 12.5. The third-order valence-corrected chi connectivity index (χ3v) is 4.84. The SMILES string of the molecule is O=C1NCCc2c(NC3CC(F)(F)C3)nc(CCc3ccccc3)nc21.